The monoisotopic (exact) mass is 239 g/mol. The minimum atomic E-state index is -0.436. The van der Waals surface area contributed by atoms with Crippen molar-refractivity contribution in [1.82, 2.24) is 5.32 Å². The third-order valence-corrected chi connectivity index (χ3v) is 2.27. The number of anilines is 1. The second kappa shape index (κ2) is 6.70. The number of likely N-dealkylation sites (N-methyl/N-ethyl adjacent to an activating group) is 1. The molecule has 0 heterocycles. The number of nitrogens with one attached hydrogen (secondary N) is 2. The van der Waals surface area contributed by atoms with Crippen molar-refractivity contribution in [2.45, 2.75) is 6.92 Å². The van der Waals surface area contributed by atoms with Crippen LogP contribution in [0.5, 0.6) is 5.75 Å². The molecular weight excluding hydrogens is 222 g/mol. The molecule has 0 saturated heterocycles. The normalized spacial score (nSPS) is 10.0. The molecule has 17 heavy (non-hydrogen) atoms. The van der Waals surface area contributed by atoms with E-state index in [1.54, 1.807) is 18.2 Å². The molecule has 94 valence electrons. The molecule has 0 atom stereocenters. The Balaban J connectivity index is 2.79. The van der Waals surface area contributed by atoms with Crippen molar-refractivity contribution in [2.75, 3.05) is 32.1 Å². The number of rotatable bonds is 7. The number of methoxy groups -OCH3 is 1. The van der Waals surface area contributed by atoms with Crippen LogP contribution in [0.25, 0.3) is 0 Å². The van der Waals surface area contributed by atoms with Gasteiger partial charge < -0.3 is 15.4 Å². The third-order valence-electron chi connectivity index (χ3n) is 2.27. The van der Waals surface area contributed by atoms with Crippen molar-refractivity contribution in [3.63, 3.8) is 0 Å². The number of hydrogen-bond acceptors (Lipinski definition) is 5. The van der Waals surface area contributed by atoms with E-state index < -0.39 is 4.92 Å². The lowest BCUT2D eigenvalue weighted by Gasteiger charge is -2.09. The highest BCUT2D eigenvalue weighted by molar-refractivity contribution is 5.68. The maximum absolute atomic E-state index is 11.0. The summed E-state index contributed by atoms with van der Waals surface area (Å²) in [7, 11) is 1.42. The lowest BCUT2D eigenvalue weighted by atomic mass is 10.2. The molecule has 0 fully saturated rings. The molecule has 0 aliphatic rings. The highest BCUT2D eigenvalue weighted by Crippen LogP contribution is 2.34. The molecule has 0 unspecified atom stereocenters. The minimum absolute atomic E-state index is 0.0218. The molecule has 6 nitrogen and oxygen atoms in total. The van der Waals surface area contributed by atoms with Gasteiger partial charge in [0.2, 0.25) is 0 Å². The van der Waals surface area contributed by atoms with Crippen LogP contribution >= 0.6 is 0 Å². The van der Waals surface area contributed by atoms with Crippen LogP contribution in [0.4, 0.5) is 11.4 Å². The summed E-state index contributed by atoms with van der Waals surface area (Å²) in [5, 5.41) is 17.1. The molecule has 0 aromatic heterocycles. The summed E-state index contributed by atoms with van der Waals surface area (Å²) in [6, 6.07) is 4.97. The van der Waals surface area contributed by atoms with Crippen molar-refractivity contribution in [2.24, 2.45) is 0 Å². The average molecular weight is 239 g/mol. The molecule has 0 aliphatic carbocycles. The first-order valence-electron chi connectivity index (χ1n) is 5.46. The van der Waals surface area contributed by atoms with E-state index in [-0.39, 0.29) is 11.4 Å². The van der Waals surface area contributed by atoms with Gasteiger partial charge in [0.25, 0.3) is 0 Å². The Bertz CT molecular complexity index is 382. The molecule has 2 N–H and O–H groups in total. The van der Waals surface area contributed by atoms with Crippen LogP contribution < -0.4 is 15.4 Å². The van der Waals surface area contributed by atoms with E-state index in [2.05, 4.69) is 10.6 Å². The second-order valence-electron chi connectivity index (χ2n) is 3.39. The van der Waals surface area contributed by atoms with E-state index in [0.717, 1.165) is 13.1 Å². The van der Waals surface area contributed by atoms with E-state index in [0.29, 0.717) is 12.2 Å². The van der Waals surface area contributed by atoms with Crippen LogP contribution in [0.2, 0.25) is 0 Å². The van der Waals surface area contributed by atoms with Crippen LogP contribution in [0, 0.1) is 10.1 Å². The second-order valence-corrected chi connectivity index (χ2v) is 3.39. The fourth-order valence-electron chi connectivity index (χ4n) is 1.48. The van der Waals surface area contributed by atoms with Gasteiger partial charge in [-0.3, -0.25) is 10.1 Å². The van der Waals surface area contributed by atoms with E-state index in [1.165, 1.54) is 7.11 Å². The quantitative estimate of drug-likeness (QED) is 0.429. The maximum atomic E-state index is 11.0. The van der Waals surface area contributed by atoms with Gasteiger partial charge in [-0.2, -0.15) is 0 Å². The Labute approximate surface area is 100 Å². The summed E-state index contributed by atoms with van der Waals surface area (Å²) >= 11 is 0. The van der Waals surface area contributed by atoms with Crippen molar-refractivity contribution in [1.29, 1.82) is 0 Å². The number of para-hydroxylation sites is 1. The molecule has 0 amide bonds. The maximum Gasteiger partial charge on any atom is 0.333 e. The predicted octanol–water partition coefficient (Wildman–Crippen LogP) is 1.62. The van der Waals surface area contributed by atoms with Crippen molar-refractivity contribution >= 4 is 11.4 Å². The molecule has 1 rings (SSSR count). The molecule has 0 aliphatic heterocycles. The summed E-state index contributed by atoms with van der Waals surface area (Å²) in [4.78, 5) is 10.5. The first-order valence-corrected chi connectivity index (χ1v) is 5.46. The largest absolute Gasteiger partial charge is 0.490 e. The standard InChI is InChI=1S/C11H17N3O3/c1-3-12-7-8-13-9-5-4-6-10(17-2)11(9)14(15)16/h4-6,12-13H,3,7-8H2,1-2H3. The summed E-state index contributed by atoms with van der Waals surface area (Å²) in [6.07, 6.45) is 0. The summed E-state index contributed by atoms with van der Waals surface area (Å²) in [5.41, 5.74) is 0.457. The minimum Gasteiger partial charge on any atom is -0.490 e. The van der Waals surface area contributed by atoms with Crippen LogP contribution in [0.1, 0.15) is 6.92 Å². The summed E-state index contributed by atoms with van der Waals surface area (Å²) < 4.78 is 4.98. The van der Waals surface area contributed by atoms with Crippen LogP contribution in [0.3, 0.4) is 0 Å². The number of nitro benzene ring substituents is 1. The molecule has 6 heteroatoms. The topological polar surface area (TPSA) is 76.4 Å². The van der Waals surface area contributed by atoms with E-state index in [1.807, 2.05) is 6.92 Å². The van der Waals surface area contributed by atoms with Crippen LogP contribution in [-0.2, 0) is 0 Å². The van der Waals surface area contributed by atoms with Gasteiger partial charge in [-0.1, -0.05) is 13.0 Å². The zero-order chi connectivity index (χ0) is 12.7. The fraction of sp³-hybridized carbons (Fsp3) is 0.455. The van der Waals surface area contributed by atoms with Gasteiger partial charge in [-0.05, 0) is 18.7 Å². The van der Waals surface area contributed by atoms with E-state index >= 15 is 0 Å². The zero-order valence-corrected chi connectivity index (χ0v) is 10.0. The first-order chi connectivity index (χ1) is 8.20. The predicted molar refractivity (Wildman–Crippen MR) is 66.7 cm³/mol. The van der Waals surface area contributed by atoms with Gasteiger partial charge in [-0.25, -0.2) is 0 Å². The fourth-order valence-corrected chi connectivity index (χ4v) is 1.48. The number of benzene rings is 1. The summed E-state index contributed by atoms with van der Waals surface area (Å²) in [5.74, 6) is 0.267. The lowest BCUT2D eigenvalue weighted by Crippen LogP contribution is -2.21. The van der Waals surface area contributed by atoms with Crippen molar-refractivity contribution < 1.29 is 9.66 Å². The number of nitro groups is 1. The van der Waals surface area contributed by atoms with Gasteiger partial charge in [0.15, 0.2) is 5.75 Å². The Hall–Kier alpha value is -1.82. The van der Waals surface area contributed by atoms with E-state index in [9.17, 15) is 10.1 Å². The van der Waals surface area contributed by atoms with Gasteiger partial charge in [0.1, 0.15) is 5.69 Å². The molecule has 1 aromatic rings. The lowest BCUT2D eigenvalue weighted by molar-refractivity contribution is -0.384. The Morgan fingerprint density at radius 3 is 2.76 bits per heavy atom. The summed E-state index contributed by atoms with van der Waals surface area (Å²) in [6.45, 7) is 4.27. The van der Waals surface area contributed by atoms with Crippen molar-refractivity contribution in [3.8, 4) is 5.75 Å². The van der Waals surface area contributed by atoms with Gasteiger partial charge >= 0.3 is 5.69 Å². The van der Waals surface area contributed by atoms with Crippen molar-refractivity contribution in [3.05, 3.63) is 28.3 Å². The molecule has 0 bridgehead atoms. The number of ether oxygens (including phenoxy) is 1. The van der Waals surface area contributed by atoms with Crippen LogP contribution in [0.15, 0.2) is 18.2 Å². The Morgan fingerprint density at radius 1 is 1.41 bits per heavy atom. The van der Waals surface area contributed by atoms with E-state index in [4.69, 9.17) is 4.74 Å². The number of nitrogens with zero attached hydrogens (tertiary/aromatic N) is 1. The number of hydrogen-bond donors (Lipinski definition) is 2. The first kappa shape index (κ1) is 13.2. The highest BCUT2D eigenvalue weighted by Gasteiger charge is 2.19. The van der Waals surface area contributed by atoms with Crippen LogP contribution in [-0.4, -0.2) is 31.7 Å². The Kier molecular flexibility index (Phi) is 5.22. The SMILES string of the molecule is CCNCCNc1cccc(OC)c1[N+](=O)[O-]. The van der Waals surface area contributed by atoms with Gasteiger partial charge in [0.05, 0.1) is 12.0 Å². The molecule has 0 spiro atoms. The zero-order valence-electron chi connectivity index (χ0n) is 10.0. The average Bonchev–Trinajstić information content (AvgIpc) is 2.33. The molecule has 0 radical (unpaired) electrons. The van der Waals surface area contributed by atoms with Gasteiger partial charge in [-0.15, -0.1) is 0 Å². The third kappa shape index (κ3) is 3.60. The van der Waals surface area contributed by atoms with Gasteiger partial charge in [0, 0.05) is 13.1 Å². The molecule has 0 saturated carbocycles. The smallest absolute Gasteiger partial charge is 0.333 e. The molecular formula is C11H17N3O3. The molecule has 1 aromatic carbocycles. The Morgan fingerprint density at radius 2 is 2.18 bits per heavy atom. The highest BCUT2D eigenvalue weighted by atomic mass is 16.6.